The summed E-state index contributed by atoms with van der Waals surface area (Å²) in [7, 11) is 1.65. The molecule has 0 saturated heterocycles. The monoisotopic (exact) mass is 322 g/mol. The van der Waals surface area contributed by atoms with Crippen molar-refractivity contribution in [3.05, 3.63) is 75.9 Å². The molecule has 1 aliphatic heterocycles. The smallest absolute Gasteiger partial charge is 0.292 e. The molecular formula is C19H18N2O3. The van der Waals surface area contributed by atoms with Gasteiger partial charge < -0.3 is 10.1 Å². The van der Waals surface area contributed by atoms with Gasteiger partial charge in [0.2, 0.25) is 0 Å². The highest BCUT2D eigenvalue weighted by molar-refractivity contribution is 5.71. The summed E-state index contributed by atoms with van der Waals surface area (Å²) in [6.07, 6.45) is 5.32. The number of nitrogens with one attached hydrogen (secondary N) is 1. The molecule has 0 saturated carbocycles. The van der Waals surface area contributed by atoms with Crippen molar-refractivity contribution in [2.45, 2.75) is 18.4 Å². The Labute approximate surface area is 140 Å². The molecule has 0 fully saturated rings. The predicted octanol–water partition coefficient (Wildman–Crippen LogP) is 4.43. The maximum atomic E-state index is 11.4. The van der Waals surface area contributed by atoms with Gasteiger partial charge in [-0.15, -0.1) is 0 Å². The number of hydrogen-bond donors (Lipinski definition) is 1. The lowest BCUT2D eigenvalue weighted by Gasteiger charge is -2.37. The van der Waals surface area contributed by atoms with E-state index in [1.165, 1.54) is 0 Å². The van der Waals surface area contributed by atoms with Crippen molar-refractivity contribution in [3.8, 4) is 5.75 Å². The fourth-order valence-corrected chi connectivity index (χ4v) is 3.92. The second-order valence-electron chi connectivity index (χ2n) is 6.25. The number of para-hydroxylation sites is 1. The van der Waals surface area contributed by atoms with Gasteiger partial charge in [0.1, 0.15) is 11.4 Å². The van der Waals surface area contributed by atoms with E-state index in [-0.39, 0.29) is 22.6 Å². The third-order valence-corrected chi connectivity index (χ3v) is 5.02. The molecule has 2 aromatic rings. The third-order valence-electron chi connectivity index (χ3n) is 5.02. The Morgan fingerprint density at radius 2 is 2.08 bits per heavy atom. The fraction of sp³-hybridized carbons (Fsp3) is 0.263. The number of methoxy groups -OCH3 is 1. The number of anilines is 1. The zero-order chi connectivity index (χ0) is 16.7. The summed E-state index contributed by atoms with van der Waals surface area (Å²) in [5, 5.41) is 14.9. The molecule has 5 heteroatoms. The minimum Gasteiger partial charge on any atom is -0.497 e. The summed E-state index contributed by atoms with van der Waals surface area (Å²) in [5.74, 6) is 1.36. The van der Waals surface area contributed by atoms with Crippen molar-refractivity contribution in [2.75, 3.05) is 12.4 Å². The topological polar surface area (TPSA) is 64.4 Å². The number of allylic oxidation sites excluding steroid dienone is 2. The fourth-order valence-electron chi connectivity index (χ4n) is 3.92. The lowest BCUT2D eigenvalue weighted by molar-refractivity contribution is -0.384. The molecule has 0 unspecified atom stereocenters. The van der Waals surface area contributed by atoms with Crippen molar-refractivity contribution in [1.29, 1.82) is 0 Å². The Morgan fingerprint density at radius 1 is 1.25 bits per heavy atom. The highest BCUT2D eigenvalue weighted by Crippen LogP contribution is 2.52. The Balaban J connectivity index is 1.83. The average molecular weight is 322 g/mol. The van der Waals surface area contributed by atoms with Crippen LogP contribution in [0.2, 0.25) is 0 Å². The Kier molecular flexibility index (Phi) is 3.49. The van der Waals surface area contributed by atoms with Crippen LogP contribution in [0.3, 0.4) is 0 Å². The zero-order valence-electron chi connectivity index (χ0n) is 13.3. The van der Waals surface area contributed by atoms with Crippen LogP contribution < -0.4 is 10.1 Å². The van der Waals surface area contributed by atoms with Crippen molar-refractivity contribution >= 4 is 11.4 Å². The van der Waals surface area contributed by atoms with Crippen LogP contribution >= 0.6 is 0 Å². The Morgan fingerprint density at radius 3 is 2.88 bits per heavy atom. The molecular weight excluding hydrogens is 304 g/mol. The van der Waals surface area contributed by atoms with E-state index in [2.05, 4.69) is 23.5 Å². The molecule has 1 aliphatic carbocycles. The van der Waals surface area contributed by atoms with E-state index in [9.17, 15) is 10.1 Å². The average Bonchev–Trinajstić information content (AvgIpc) is 3.10. The van der Waals surface area contributed by atoms with E-state index in [1.807, 2.05) is 24.3 Å². The lowest BCUT2D eigenvalue weighted by atomic mass is 9.77. The van der Waals surface area contributed by atoms with E-state index >= 15 is 0 Å². The number of benzene rings is 2. The van der Waals surface area contributed by atoms with Crippen LogP contribution in [0.1, 0.15) is 29.5 Å². The molecule has 24 heavy (non-hydrogen) atoms. The number of fused-ring (bicyclic) bond motifs is 3. The van der Waals surface area contributed by atoms with Crippen LogP contribution in [0.25, 0.3) is 0 Å². The van der Waals surface area contributed by atoms with Gasteiger partial charge in [-0.3, -0.25) is 10.1 Å². The molecule has 2 aliphatic rings. The minimum atomic E-state index is -0.312. The summed E-state index contributed by atoms with van der Waals surface area (Å²) in [6.45, 7) is 0. The van der Waals surface area contributed by atoms with Gasteiger partial charge in [0.25, 0.3) is 5.69 Å². The van der Waals surface area contributed by atoms with Crippen molar-refractivity contribution in [3.63, 3.8) is 0 Å². The number of nitro groups is 1. The minimum absolute atomic E-state index is 0.0219. The Hall–Kier alpha value is -2.82. The molecule has 122 valence electrons. The molecule has 0 bridgehead atoms. The quantitative estimate of drug-likeness (QED) is 0.516. The third kappa shape index (κ3) is 2.24. The SMILES string of the molecule is COc1cccc([C@@H]2Nc3c(cccc3[N+](=O)[O-])[C@@H]3C=CC[C@@H]32)c1. The van der Waals surface area contributed by atoms with Crippen molar-refractivity contribution in [2.24, 2.45) is 5.92 Å². The Bertz CT molecular complexity index is 831. The van der Waals surface area contributed by atoms with Crippen LogP contribution in [0.5, 0.6) is 5.75 Å². The van der Waals surface area contributed by atoms with E-state index in [1.54, 1.807) is 19.2 Å². The van der Waals surface area contributed by atoms with Crippen LogP contribution in [0.15, 0.2) is 54.6 Å². The van der Waals surface area contributed by atoms with Gasteiger partial charge in [-0.05, 0) is 35.6 Å². The highest BCUT2D eigenvalue weighted by Gasteiger charge is 2.40. The van der Waals surface area contributed by atoms with Crippen molar-refractivity contribution in [1.82, 2.24) is 0 Å². The second-order valence-corrected chi connectivity index (χ2v) is 6.25. The standard InChI is InChI=1S/C19H18N2O3/c1-24-13-6-2-5-12(11-13)18-15-8-3-7-14(15)16-9-4-10-17(21(22)23)19(16)20-18/h2-7,9-11,14-15,18,20H,8H2,1H3/t14-,15+,18+/m1/s1. The van der Waals surface area contributed by atoms with E-state index in [0.29, 0.717) is 11.6 Å². The first-order valence-corrected chi connectivity index (χ1v) is 8.03. The summed E-state index contributed by atoms with van der Waals surface area (Å²) in [5.41, 5.74) is 2.89. The van der Waals surface area contributed by atoms with Crippen LogP contribution in [0.4, 0.5) is 11.4 Å². The van der Waals surface area contributed by atoms with Crippen molar-refractivity contribution < 1.29 is 9.66 Å². The van der Waals surface area contributed by atoms with Crippen LogP contribution in [-0.4, -0.2) is 12.0 Å². The summed E-state index contributed by atoms with van der Waals surface area (Å²) in [4.78, 5) is 11.1. The maximum absolute atomic E-state index is 11.4. The molecule has 4 rings (SSSR count). The summed E-state index contributed by atoms with van der Waals surface area (Å²) in [6, 6.07) is 13.3. The molecule has 0 aromatic heterocycles. The van der Waals surface area contributed by atoms with Gasteiger partial charge in [-0.2, -0.15) is 0 Å². The zero-order valence-corrected chi connectivity index (χ0v) is 13.3. The molecule has 1 heterocycles. The first kappa shape index (κ1) is 14.8. The van der Waals surface area contributed by atoms with Gasteiger partial charge in [-0.25, -0.2) is 0 Å². The molecule has 3 atom stereocenters. The normalized spacial score (nSPS) is 24.0. The predicted molar refractivity (Wildman–Crippen MR) is 92.4 cm³/mol. The molecule has 2 aromatic carbocycles. The molecule has 5 nitrogen and oxygen atoms in total. The summed E-state index contributed by atoms with van der Waals surface area (Å²) >= 11 is 0. The second kappa shape index (κ2) is 5.67. The molecule has 1 N–H and O–H groups in total. The first-order chi connectivity index (χ1) is 11.7. The van der Waals surface area contributed by atoms with Crippen LogP contribution in [0, 0.1) is 16.0 Å². The first-order valence-electron chi connectivity index (χ1n) is 8.03. The number of hydrogen-bond acceptors (Lipinski definition) is 4. The number of rotatable bonds is 3. The van der Waals surface area contributed by atoms with E-state index in [4.69, 9.17) is 4.74 Å². The largest absolute Gasteiger partial charge is 0.497 e. The van der Waals surface area contributed by atoms with E-state index in [0.717, 1.165) is 23.3 Å². The molecule has 0 spiro atoms. The highest BCUT2D eigenvalue weighted by atomic mass is 16.6. The molecule has 0 radical (unpaired) electrons. The van der Waals surface area contributed by atoms with Gasteiger partial charge >= 0.3 is 0 Å². The van der Waals surface area contributed by atoms with E-state index < -0.39 is 0 Å². The molecule has 0 amide bonds. The summed E-state index contributed by atoms with van der Waals surface area (Å²) < 4.78 is 5.34. The number of ether oxygens (including phenoxy) is 1. The number of nitrogens with zero attached hydrogens (tertiary/aromatic N) is 1. The maximum Gasteiger partial charge on any atom is 0.292 e. The number of nitro benzene ring substituents is 1. The van der Waals surface area contributed by atoms with Gasteiger partial charge in [0, 0.05) is 12.0 Å². The van der Waals surface area contributed by atoms with Gasteiger partial charge in [0.05, 0.1) is 18.1 Å². The van der Waals surface area contributed by atoms with Crippen LogP contribution in [-0.2, 0) is 0 Å². The van der Waals surface area contributed by atoms with Gasteiger partial charge in [-0.1, -0.05) is 36.4 Å². The van der Waals surface area contributed by atoms with Gasteiger partial charge in [0.15, 0.2) is 0 Å². The lowest BCUT2D eigenvalue weighted by Crippen LogP contribution is -2.29.